The zero-order chi connectivity index (χ0) is 20.8. The molecule has 0 radical (unpaired) electrons. The number of aryl methyl sites for hydroxylation is 1. The molecule has 150 valence electrons. The first-order valence-electron chi connectivity index (χ1n) is 9.45. The first-order valence-corrected chi connectivity index (χ1v) is 9.83. The van der Waals surface area contributed by atoms with Crippen molar-refractivity contribution >= 4 is 23.3 Å². The predicted molar refractivity (Wildman–Crippen MR) is 116 cm³/mol. The van der Waals surface area contributed by atoms with Gasteiger partial charge in [-0.2, -0.15) is 0 Å². The molecule has 5 nitrogen and oxygen atoms in total. The van der Waals surface area contributed by atoms with Crippen LogP contribution in [0.15, 0.2) is 65.6 Å². The summed E-state index contributed by atoms with van der Waals surface area (Å²) in [5.74, 6) is -0.197. The summed E-state index contributed by atoms with van der Waals surface area (Å²) in [4.78, 5) is 24.4. The number of ether oxygens (including phenoxy) is 1. The second kappa shape index (κ2) is 9.43. The van der Waals surface area contributed by atoms with Crippen molar-refractivity contribution in [1.82, 2.24) is 4.57 Å². The molecular weight excluding hydrogens is 388 g/mol. The summed E-state index contributed by atoms with van der Waals surface area (Å²) in [6, 6.07) is 16.6. The molecule has 0 aliphatic heterocycles. The minimum Gasteiger partial charge on any atom is -0.466 e. The number of nitrogens with zero attached hydrogens (tertiary/aromatic N) is 1. The highest BCUT2D eigenvalue weighted by molar-refractivity contribution is 6.30. The van der Waals surface area contributed by atoms with Crippen LogP contribution >= 0.6 is 11.6 Å². The Morgan fingerprint density at radius 2 is 1.72 bits per heavy atom. The van der Waals surface area contributed by atoms with Crippen LogP contribution in [0.1, 0.15) is 24.5 Å². The van der Waals surface area contributed by atoms with Crippen LogP contribution in [0, 0.1) is 0 Å². The van der Waals surface area contributed by atoms with E-state index in [4.69, 9.17) is 22.1 Å². The number of aromatic nitrogens is 1. The number of hydrogen-bond donors (Lipinski definition) is 1. The Kier molecular flexibility index (Phi) is 6.73. The minimum atomic E-state index is -0.197. The molecule has 2 N–H and O–H groups in total. The molecule has 1 heterocycles. The number of rotatable bonds is 7. The molecule has 3 aromatic rings. The molecule has 0 spiro atoms. The van der Waals surface area contributed by atoms with E-state index in [1.807, 2.05) is 36.4 Å². The van der Waals surface area contributed by atoms with Crippen molar-refractivity contribution in [2.75, 3.05) is 12.3 Å². The lowest BCUT2D eigenvalue weighted by Crippen LogP contribution is -2.21. The number of nitrogens with two attached hydrogens (primary N) is 1. The highest BCUT2D eigenvalue weighted by Crippen LogP contribution is 2.21. The molecule has 29 heavy (non-hydrogen) atoms. The third kappa shape index (κ3) is 5.48. The molecule has 0 unspecified atom stereocenters. The summed E-state index contributed by atoms with van der Waals surface area (Å²) in [5.41, 5.74) is 9.57. The number of halogens is 1. The monoisotopic (exact) mass is 410 g/mol. The van der Waals surface area contributed by atoms with Crippen LogP contribution in [0.5, 0.6) is 0 Å². The van der Waals surface area contributed by atoms with Crippen molar-refractivity contribution in [3.05, 3.63) is 87.3 Å². The first-order chi connectivity index (χ1) is 14.0. The van der Waals surface area contributed by atoms with E-state index in [0.717, 1.165) is 16.7 Å². The van der Waals surface area contributed by atoms with Gasteiger partial charge in [0.15, 0.2) is 0 Å². The van der Waals surface area contributed by atoms with E-state index in [-0.39, 0.29) is 11.5 Å². The fourth-order valence-electron chi connectivity index (χ4n) is 3.07. The fourth-order valence-corrected chi connectivity index (χ4v) is 3.30. The molecular formula is C23H23ClN2O3. The van der Waals surface area contributed by atoms with E-state index in [2.05, 4.69) is 0 Å². The molecule has 6 heteroatoms. The maximum atomic E-state index is 12.9. The van der Waals surface area contributed by atoms with Gasteiger partial charge in [-0.15, -0.1) is 0 Å². The summed E-state index contributed by atoms with van der Waals surface area (Å²) in [5, 5.41) is 0.488. The molecule has 3 rings (SSSR count). The lowest BCUT2D eigenvalue weighted by molar-refractivity contribution is -0.143. The van der Waals surface area contributed by atoms with Gasteiger partial charge in [0, 0.05) is 23.9 Å². The summed E-state index contributed by atoms with van der Waals surface area (Å²) in [6.45, 7) is 2.59. The van der Waals surface area contributed by atoms with Gasteiger partial charge in [0.25, 0.3) is 5.56 Å². The normalized spacial score (nSPS) is 10.7. The first kappa shape index (κ1) is 20.7. The number of benzene rings is 2. The molecule has 0 amide bonds. The maximum absolute atomic E-state index is 12.9. The Morgan fingerprint density at radius 1 is 1.07 bits per heavy atom. The Morgan fingerprint density at radius 3 is 2.38 bits per heavy atom. The van der Waals surface area contributed by atoms with Gasteiger partial charge in [-0.25, -0.2) is 0 Å². The van der Waals surface area contributed by atoms with E-state index in [1.165, 1.54) is 0 Å². The quantitative estimate of drug-likeness (QED) is 0.465. The summed E-state index contributed by atoms with van der Waals surface area (Å²) >= 11 is 6.26. The van der Waals surface area contributed by atoms with E-state index >= 15 is 0 Å². The predicted octanol–water partition coefficient (Wildman–Crippen LogP) is 4.29. The van der Waals surface area contributed by atoms with Crippen LogP contribution < -0.4 is 11.3 Å². The van der Waals surface area contributed by atoms with Gasteiger partial charge >= 0.3 is 5.97 Å². The largest absolute Gasteiger partial charge is 0.466 e. The van der Waals surface area contributed by atoms with Crippen molar-refractivity contribution in [1.29, 1.82) is 0 Å². The molecule has 0 aliphatic rings. The van der Waals surface area contributed by atoms with Gasteiger partial charge in [0.05, 0.1) is 18.2 Å². The molecule has 0 bridgehead atoms. The van der Waals surface area contributed by atoms with Gasteiger partial charge in [0.1, 0.15) is 0 Å². The number of pyridine rings is 1. The number of nitrogen functional groups attached to an aromatic ring is 1. The second-order valence-electron chi connectivity index (χ2n) is 6.75. The van der Waals surface area contributed by atoms with E-state index in [0.29, 0.717) is 42.3 Å². The Hall–Kier alpha value is -3.05. The summed E-state index contributed by atoms with van der Waals surface area (Å²) in [7, 11) is 0. The van der Waals surface area contributed by atoms with Crippen molar-refractivity contribution in [2.24, 2.45) is 0 Å². The second-order valence-corrected chi connectivity index (χ2v) is 7.19. The number of carbonyl (C=O) groups excluding carboxylic acids is 1. The van der Waals surface area contributed by atoms with Crippen molar-refractivity contribution in [3.63, 3.8) is 0 Å². The lowest BCUT2D eigenvalue weighted by atomic mass is 10.1. The molecule has 1 aromatic heterocycles. The average Bonchev–Trinajstić information content (AvgIpc) is 2.71. The van der Waals surface area contributed by atoms with Gasteiger partial charge < -0.3 is 15.0 Å². The number of esters is 1. The third-order valence-corrected chi connectivity index (χ3v) is 4.78. The molecule has 0 saturated heterocycles. The molecule has 2 aromatic carbocycles. The minimum absolute atomic E-state index is 0.120. The van der Waals surface area contributed by atoms with Crippen molar-refractivity contribution < 1.29 is 9.53 Å². The van der Waals surface area contributed by atoms with Crippen LogP contribution in [-0.2, 0) is 22.5 Å². The Balaban J connectivity index is 1.77. The third-order valence-electron chi connectivity index (χ3n) is 4.57. The van der Waals surface area contributed by atoms with E-state index < -0.39 is 0 Å². The zero-order valence-electron chi connectivity index (χ0n) is 16.2. The van der Waals surface area contributed by atoms with Crippen molar-refractivity contribution in [2.45, 2.75) is 26.3 Å². The topological polar surface area (TPSA) is 74.3 Å². The smallest absolute Gasteiger partial charge is 0.306 e. The van der Waals surface area contributed by atoms with Crippen LogP contribution in [0.2, 0.25) is 5.02 Å². The molecule has 0 saturated carbocycles. The van der Waals surface area contributed by atoms with Gasteiger partial charge in [-0.3, -0.25) is 9.59 Å². The van der Waals surface area contributed by atoms with Crippen LogP contribution in [0.4, 0.5) is 5.69 Å². The zero-order valence-corrected chi connectivity index (χ0v) is 17.0. The van der Waals surface area contributed by atoms with Gasteiger partial charge in [0.2, 0.25) is 0 Å². The highest BCUT2D eigenvalue weighted by Gasteiger charge is 2.09. The Labute approximate surface area is 174 Å². The van der Waals surface area contributed by atoms with Gasteiger partial charge in [-0.05, 0) is 48.2 Å². The standard InChI is InChI=1S/C23H23ClN2O3/c1-2-29-22(27)12-7-16-3-5-17(6-4-16)14-26-15-19(24)13-21(23(26)28)18-8-10-20(25)11-9-18/h3-6,8-11,13,15H,2,7,12,14,25H2,1H3. The summed E-state index contributed by atoms with van der Waals surface area (Å²) < 4.78 is 6.55. The van der Waals surface area contributed by atoms with Gasteiger partial charge in [-0.1, -0.05) is 48.0 Å². The van der Waals surface area contributed by atoms with Crippen LogP contribution in [0.25, 0.3) is 11.1 Å². The molecule has 0 atom stereocenters. The van der Waals surface area contributed by atoms with E-state index in [1.54, 1.807) is 35.9 Å². The van der Waals surface area contributed by atoms with Crippen molar-refractivity contribution in [3.8, 4) is 11.1 Å². The lowest BCUT2D eigenvalue weighted by Gasteiger charge is -2.11. The average molecular weight is 411 g/mol. The number of carbonyl (C=O) groups is 1. The van der Waals surface area contributed by atoms with Crippen LogP contribution in [-0.4, -0.2) is 17.1 Å². The highest BCUT2D eigenvalue weighted by atomic mass is 35.5. The van der Waals surface area contributed by atoms with E-state index in [9.17, 15) is 9.59 Å². The number of anilines is 1. The SMILES string of the molecule is CCOC(=O)CCc1ccc(Cn2cc(Cl)cc(-c3ccc(N)cc3)c2=O)cc1. The molecule has 0 aliphatic carbocycles. The summed E-state index contributed by atoms with van der Waals surface area (Å²) in [6.07, 6.45) is 2.61. The maximum Gasteiger partial charge on any atom is 0.306 e. The number of hydrogen-bond acceptors (Lipinski definition) is 4. The molecule has 0 fully saturated rings. The van der Waals surface area contributed by atoms with Crippen LogP contribution in [0.3, 0.4) is 0 Å². The fraction of sp³-hybridized carbons (Fsp3) is 0.217. The Bertz CT molecular complexity index is 1040.